The maximum absolute atomic E-state index is 12.3. The Kier molecular flexibility index (Phi) is 5.76. The first-order valence-corrected chi connectivity index (χ1v) is 11.6. The Balaban J connectivity index is 1.15. The van der Waals surface area contributed by atoms with Gasteiger partial charge >= 0.3 is 0 Å². The van der Waals surface area contributed by atoms with Crippen LogP contribution in [0, 0.1) is 0 Å². The van der Waals surface area contributed by atoms with Gasteiger partial charge in [0, 0.05) is 24.0 Å². The van der Waals surface area contributed by atoms with Crippen LogP contribution in [0.15, 0.2) is 72.1 Å². The molecule has 2 aromatic carbocycles. The molecule has 5 rings (SSSR count). The quantitative estimate of drug-likeness (QED) is 0.645. The highest BCUT2D eigenvalue weighted by Crippen LogP contribution is 2.35. The van der Waals surface area contributed by atoms with Crippen molar-refractivity contribution in [2.45, 2.75) is 31.2 Å². The Morgan fingerprint density at radius 3 is 2.77 bits per heavy atom. The van der Waals surface area contributed by atoms with E-state index in [1.807, 2.05) is 54.9 Å². The summed E-state index contributed by atoms with van der Waals surface area (Å²) in [5, 5.41) is 11.1. The maximum atomic E-state index is 12.3. The minimum Gasteiger partial charge on any atom is -0.351 e. The Bertz CT molecular complexity index is 999. The van der Waals surface area contributed by atoms with Crippen LogP contribution in [-0.2, 0) is 11.3 Å². The number of amides is 1. The van der Waals surface area contributed by atoms with E-state index in [-0.39, 0.29) is 24.2 Å². The normalized spacial score (nSPS) is 23.8. The summed E-state index contributed by atoms with van der Waals surface area (Å²) in [6.45, 7) is 0.534. The van der Waals surface area contributed by atoms with Gasteiger partial charge in [0.15, 0.2) is 5.17 Å². The molecule has 9 heteroatoms. The molecule has 0 bridgehead atoms. The number of benzene rings is 2. The first-order chi connectivity index (χ1) is 15.2. The second-order valence-corrected chi connectivity index (χ2v) is 9.05. The van der Waals surface area contributed by atoms with Crippen LogP contribution in [0.2, 0.25) is 5.02 Å². The molecule has 0 saturated carbocycles. The van der Waals surface area contributed by atoms with Crippen LogP contribution in [0.3, 0.4) is 0 Å². The summed E-state index contributed by atoms with van der Waals surface area (Å²) in [6.07, 6.45) is 5.01. The van der Waals surface area contributed by atoms with Crippen molar-refractivity contribution in [1.82, 2.24) is 26.1 Å². The van der Waals surface area contributed by atoms with E-state index in [0.717, 1.165) is 22.2 Å². The number of carbonyl (C=O) groups excluding carboxylic acids is 1. The van der Waals surface area contributed by atoms with Crippen molar-refractivity contribution < 1.29 is 4.79 Å². The van der Waals surface area contributed by atoms with E-state index in [4.69, 9.17) is 11.6 Å². The lowest BCUT2D eigenvalue weighted by molar-refractivity contribution is -0.118. The second-order valence-electron chi connectivity index (χ2n) is 7.67. The molecule has 160 valence electrons. The molecule has 7 nitrogen and oxygen atoms in total. The molecular weight excluding hydrogens is 432 g/mol. The van der Waals surface area contributed by atoms with Gasteiger partial charge in [-0.05, 0) is 29.7 Å². The topological polar surface area (TPSA) is 72.0 Å². The molecule has 0 aromatic heterocycles. The van der Waals surface area contributed by atoms with Gasteiger partial charge in [0.1, 0.15) is 6.17 Å². The van der Waals surface area contributed by atoms with E-state index in [2.05, 4.69) is 43.3 Å². The average Bonchev–Trinajstić information content (AvgIpc) is 3.41. The lowest BCUT2D eigenvalue weighted by Gasteiger charge is -2.36. The number of halogens is 1. The minimum atomic E-state index is -0.00652. The van der Waals surface area contributed by atoms with E-state index in [1.54, 1.807) is 0 Å². The number of amidine groups is 1. The summed E-state index contributed by atoms with van der Waals surface area (Å²) in [6, 6.07) is 18.3. The molecule has 1 amide bonds. The van der Waals surface area contributed by atoms with Crippen LogP contribution in [-0.4, -0.2) is 38.9 Å². The number of hydrazone groups is 1. The monoisotopic (exact) mass is 454 g/mol. The predicted octanol–water partition coefficient (Wildman–Crippen LogP) is 3.00. The first kappa shape index (κ1) is 20.2. The fourth-order valence-electron chi connectivity index (χ4n) is 4.04. The molecule has 31 heavy (non-hydrogen) atoms. The zero-order chi connectivity index (χ0) is 21.2. The van der Waals surface area contributed by atoms with Gasteiger partial charge in [0.2, 0.25) is 5.91 Å². The minimum absolute atomic E-state index is 0.00652. The molecule has 3 aliphatic heterocycles. The third-order valence-electron chi connectivity index (χ3n) is 5.64. The predicted molar refractivity (Wildman–Crippen MR) is 124 cm³/mol. The standard InChI is InChI=1S/C22H23ClN6OS/c23-17-8-6-16(7-9-17)18-12-19-21-25-26-22(28(21)10-11-29(19)27-18)31-14-20(30)24-13-15-4-2-1-3-5-15/h1-11,18-19,21,25,27H,12-14H2,(H,24,30). The Morgan fingerprint density at radius 2 is 1.97 bits per heavy atom. The third kappa shape index (κ3) is 4.37. The van der Waals surface area contributed by atoms with E-state index < -0.39 is 0 Å². The van der Waals surface area contributed by atoms with Crippen molar-refractivity contribution in [2.75, 3.05) is 5.75 Å². The summed E-state index contributed by atoms with van der Waals surface area (Å²) < 4.78 is 0. The van der Waals surface area contributed by atoms with Crippen molar-refractivity contribution in [3.63, 3.8) is 0 Å². The number of hydrogen-bond donors (Lipinski definition) is 3. The second kappa shape index (κ2) is 8.82. The maximum Gasteiger partial charge on any atom is 0.230 e. The number of hydrazine groups is 1. The SMILES string of the molecule is O=C(CSC1=NNC2C3CC(c4ccc(Cl)cc4)NN3C=CN12)NCc1ccccc1. The van der Waals surface area contributed by atoms with Crippen molar-refractivity contribution in [3.8, 4) is 0 Å². The summed E-state index contributed by atoms with van der Waals surface area (Å²) >= 11 is 7.47. The van der Waals surface area contributed by atoms with E-state index in [9.17, 15) is 4.79 Å². The van der Waals surface area contributed by atoms with Crippen LogP contribution < -0.4 is 16.2 Å². The number of rotatable bonds is 5. The number of fused-ring (bicyclic) bond motifs is 3. The van der Waals surface area contributed by atoms with Crippen molar-refractivity contribution in [1.29, 1.82) is 0 Å². The molecule has 3 heterocycles. The fraction of sp³-hybridized carbons (Fsp3) is 0.273. The summed E-state index contributed by atoms with van der Waals surface area (Å²) in [5.74, 6) is 0.317. The Labute approximate surface area is 190 Å². The number of thioether (sulfide) groups is 1. The third-order valence-corrected chi connectivity index (χ3v) is 6.86. The van der Waals surface area contributed by atoms with Gasteiger partial charge in [0.25, 0.3) is 0 Å². The number of carbonyl (C=O) groups is 1. The van der Waals surface area contributed by atoms with Gasteiger partial charge < -0.3 is 15.2 Å². The zero-order valence-electron chi connectivity index (χ0n) is 16.7. The molecule has 3 N–H and O–H groups in total. The van der Waals surface area contributed by atoms with Gasteiger partial charge in [-0.1, -0.05) is 65.8 Å². The summed E-state index contributed by atoms with van der Waals surface area (Å²) in [5.41, 5.74) is 9.10. The van der Waals surface area contributed by atoms with Gasteiger partial charge in [0.05, 0.1) is 17.8 Å². The lowest BCUT2D eigenvalue weighted by Crippen LogP contribution is -2.54. The molecule has 2 aromatic rings. The number of nitrogens with one attached hydrogen (secondary N) is 3. The summed E-state index contributed by atoms with van der Waals surface area (Å²) in [7, 11) is 0. The molecular formula is C22H23ClN6OS. The lowest BCUT2D eigenvalue weighted by atomic mass is 10.00. The van der Waals surface area contributed by atoms with Gasteiger partial charge in [-0.3, -0.25) is 10.2 Å². The van der Waals surface area contributed by atoms with Crippen LogP contribution >= 0.6 is 23.4 Å². The van der Waals surface area contributed by atoms with Crippen molar-refractivity contribution >= 4 is 34.4 Å². The molecule has 1 saturated heterocycles. The van der Waals surface area contributed by atoms with E-state index >= 15 is 0 Å². The molecule has 0 radical (unpaired) electrons. The zero-order valence-corrected chi connectivity index (χ0v) is 18.3. The smallest absolute Gasteiger partial charge is 0.230 e. The van der Waals surface area contributed by atoms with Crippen LogP contribution in [0.25, 0.3) is 0 Å². The summed E-state index contributed by atoms with van der Waals surface area (Å²) in [4.78, 5) is 14.4. The number of nitrogens with zero attached hydrogens (tertiary/aromatic N) is 3. The molecule has 3 aliphatic rings. The van der Waals surface area contributed by atoms with Crippen LogP contribution in [0.1, 0.15) is 23.6 Å². The molecule has 3 atom stereocenters. The van der Waals surface area contributed by atoms with Crippen LogP contribution in [0.4, 0.5) is 0 Å². The molecule has 1 fully saturated rings. The molecule has 3 unspecified atom stereocenters. The van der Waals surface area contributed by atoms with Gasteiger partial charge in [-0.2, -0.15) is 5.10 Å². The Hall–Kier alpha value is -2.68. The molecule has 0 aliphatic carbocycles. The number of hydrogen-bond acceptors (Lipinski definition) is 7. The highest BCUT2D eigenvalue weighted by atomic mass is 35.5. The van der Waals surface area contributed by atoms with Crippen molar-refractivity contribution in [3.05, 3.63) is 83.1 Å². The van der Waals surface area contributed by atoms with Crippen molar-refractivity contribution in [2.24, 2.45) is 5.10 Å². The highest BCUT2D eigenvalue weighted by Gasteiger charge is 2.44. The average molecular weight is 455 g/mol. The van der Waals surface area contributed by atoms with Crippen LogP contribution in [0.5, 0.6) is 0 Å². The molecule has 0 spiro atoms. The first-order valence-electron chi connectivity index (χ1n) is 10.2. The van der Waals surface area contributed by atoms with E-state index in [1.165, 1.54) is 17.3 Å². The van der Waals surface area contributed by atoms with Gasteiger partial charge in [-0.15, -0.1) is 0 Å². The highest BCUT2D eigenvalue weighted by molar-refractivity contribution is 8.14. The van der Waals surface area contributed by atoms with E-state index in [0.29, 0.717) is 12.3 Å². The fourth-order valence-corrected chi connectivity index (χ4v) is 4.97. The Morgan fingerprint density at radius 1 is 1.16 bits per heavy atom. The largest absolute Gasteiger partial charge is 0.351 e. The van der Waals surface area contributed by atoms with Gasteiger partial charge in [-0.25, -0.2) is 5.43 Å².